The number of aliphatic hydroxyl groups is 1. The van der Waals surface area contributed by atoms with Crippen LogP contribution in [-0.2, 0) is 4.79 Å². The highest BCUT2D eigenvalue weighted by molar-refractivity contribution is 5.92. The van der Waals surface area contributed by atoms with Crippen LogP contribution in [0.1, 0.15) is 24.5 Å². The van der Waals surface area contributed by atoms with Gasteiger partial charge in [0.15, 0.2) is 0 Å². The lowest BCUT2D eigenvalue weighted by Crippen LogP contribution is -2.40. The number of piperidine rings is 1. The van der Waals surface area contributed by atoms with Crippen molar-refractivity contribution in [1.29, 1.82) is 0 Å². The van der Waals surface area contributed by atoms with Gasteiger partial charge in [0.05, 0.1) is 12.6 Å². The van der Waals surface area contributed by atoms with Crippen molar-refractivity contribution in [2.45, 2.75) is 25.3 Å². The average molecular weight is 408 g/mol. The van der Waals surface area contributed by atoms with E-state index in [2.05, 4.69) is 10.1 Å². The van der Waals surface area contributed by atoms with Crippen molar-refractivity contribution in [1.82, 2.24) is 4.90 Å². The maximum atomic E-state index is 12.2. The van der Waals surface area contributed by atoms with Crippen molar-refractivity contribution in [2.75, 3.05) is 25.0 Å². The Balaban J connectivity index is 1.44. The fourth-order valence-corrected chi connectivity index (χ4v) is 3.49. The second-order valence-corrected chi connectivity index (χ2v) is 7.09. The molecule has 0 saturated carbocycles. The molecule has 1 aliphatic rings. The molecule has 29 heavy (non-hydrogen) atoms. The number of hydrogen-bond donors (Lipinski definition) is 2. The molecule has 0 aliphatic carbocycles. The molecule has 0 spiro atoms. The maximum Gasteiger partial charge on any atom is 0.573 e. The van der Waals surface area contributed by atoms with E-state index in [1.807, 2.05) is 35.2 Å². The third-order valence-corrected chi connectivity index (χ3v) is 4.96. The summed E-state index contributed by atoms with van der Waals surface area (Å²) in [5.74, 6) is -0.427. The zero-order chi connectivity index (χ0) is 20.9. The number of aliphatic hydroxyl groups excluding tert-OH is 1. The van der Waals surface area contributed by atoms with E-state index in [1.165, 1.54) is 12.1 Å². The van der Waals surface area contributed by atoms with Crippen molar-refractivity contribution in [2.24, 2.45) is 5.92 Å². The molecule has 1 atom stereocenters. The van der Waals surface area contributed by atoms with Crippen molar-refractivity contribution in [3.05, 3.63) is 60.2 Å². The number of likely N-dealkylation sites (tertiary alicyclic amines) is 1. The molecule has 1 heterocycles. The van der Waals surface area contributed by atoms with Crippen LogP contribution in [0.2, 0.25) is 0 Å². The smallest absolute Gasteiger partial charge is 0.406 e. The van der Waals surface area contributed by atoms with E-state index in [4.69, 9.17) is 0 Å². The Bertz CT molecular complexity index is 789. The van der Waals surface area contributed by atoms with Crippen molar-refractivity contribution < 1.29 is 27.8 Å². The molecule has 0 radical (unpaired) electrons. The Morgan fingerprint density at radius 2 is 1.72 bits per heavy atom. The lowest BCUT2D eigenvalue weighted by atomic mass is 9.87. The number of nitrogens with zero attached hydrogens (tertiary/aromatic N) is 1. The summed E-state index contributed by atoms with van der Waals surface area (Å²) in [6.45, 7) is 1.58. The van der Waals surface area contributed by atoms with E-state index >= 15 is 0 Å². The van der Waals surface area contributed by atoms with E-state index in [1.54, 1.807) is 0 Å². The Hall–Kier alpha value is -2.58. The third-order valence-electron chi connectivity index (χ3n) is 4.96. The van der Waals surface area contributed by atoms with Gasteiger partial charge >= 0.3 is 6.36 Å². The number of carbonyl (C=O) groups is 1. The van der Waals surface area contributed by atoms with Crippen molar-refractivity contribution in [3.8, 4) is 5.75 Å². The van der Waals surface area contributed by atoms with Gasteiger partial charge in [0.25, 0.3) is 0 Å². The third kappa shape index (κ3) is 6.47. The SMILES string of the molecule is O=C(CN1CCC(C(O)c2ccccc2)CC1)Nc1ccc(OC(F)(F)F)cc1. The van der Waals surface area contributed by atoms with Gasteiger partial charge in [-0.1, -0.05) is 30.3 Å². The molecule has 2 aromatic rings. The second-order valence-electron chi connectivity index (χ2n) is 7.09. The van der Waals surface area contributed by atoms with Gasteiger partial charge in [0.1, 0.15) is 5.75 Å². The molecule has 156 valence electrons. The first-order valence-electron chi connectivity index (χ1n) is 9.41. The minimum atomic E-state index is -4.75. The molecular formula is C21H23F3N2O3. The molecule has 3 rings (SSSR count). The molecule has 1 fully saturated rings. The molecule has 2 N–H and O–H groups in total. The minimum absolute atomic E-state index is 0.151. The molecule has 8 heteroatoms. The van der Waals surface area contributed by atoms with E-state index in [-0.39, 0.29) is 24.1 Å². The number of alkyl halides is 3. The lowest BCUT2D eigenvalue weighted by Gasteiger charge is -2.34. The number of rotatable bonds is 6. The number of benzene rings is 2. The van der Waals surface area contributed by atoms with Crippen molar-refractivity contribution >= 4 is 11.6 Å². The fraction of sp³-hybridized carbons (Fsp3) is 0.381. The second kappa shape index (κ2) is 9.28. The molecule has 5 nitrogen and oxygen atoms in total. The molecule has 1 saturated heterocycles. The van der Waals surface area contributed by atoms with Crippen LogP contribution in [0.4, 0.5) is 18.9 Å². The number of hydrogen-bond acceptors (Lipinski definition) is 4. The highest BCUT2D eigenvalue weighted by atomic mass is 19.4. The quantitative estimate of drug-likeness (QED) is 0.759. The molecule has 1 unspecified atom stereocenters. The molecule has 1 amide bonds. The number of nitrogens with one attached hydrogen (secondary N) is 1. The minimum Gasteiger partial charge on any atom is -0.406 e. The van der Waals surface area contributed by atoms with Gasteiger partial charge in [0.2, 0.25) is 5.91 Å². The molecule has 1 aliphatic heterocycles. The fourth-order valence-electron chi connectivity index (χ4n) is 3.49. The number of halogens is 3. The first-order valence-corrected chi connectivity index (χ1v) is 9.41. The van der Waals surface area contributed by atoms with Crippen LogP contribution in [0, 0.1) is 5.92 Å². The maximum absolute atomic E-state index is 12.2. The van der Waals surface area contributed by atoms with Gasteiger partial charge in [-0.25, -0.2) is 0 Å². The van der Waals surface area contributed by atoms with Gasteiger partial charge in [-0.05, 0) is 61.7 Å². The standard InChI is InChI=1S/C21H23F3N2O3/c22-21(23,24)29-18-8-6-17(7-9-18)25-19(27)14-26-12-10-16(11-13-26)20(28)15-4-2-1-3-5-15/h1-9,16,20,28H,10-14H2,(H,25,27). The van der Waals surface area contributed by atoms with E-state index in [0.29, 0.717) is 18.8 Å². The summed E-state index contributed by atoms with van der Waals surface area (Å²) >= 11 is 0. The summed E-state index contributed by atoms with van der Waals surface area (Å²) in [6.07, 6.45) is -3.69. The summed E-state index contributed by atoms with van der Waals surface area (Å²) in [6, 6.07) is 14.6. The molecule has 0 aromatic heterocycles. The number of carbonyl (C=O) groups excluding carboxylic acids is 1. The Labute approximate surface area is 167 Å². The largest absolute Gasteiger partial charge is 0.573 e. The monoisotopic (exact) mass is 408 g/mol. The molecule has 2 aromatic carbocycles. The summed E-state index contributed by atoms with van der Waals surface area (Å²) in [5, 5.41) is 13.2. The first kappa shape index (κ1) is 21.1. The Kier molecular flexibility index (Phi) is 6.76. The number of anilines is 1. The summed E-state index contributed by atoms with van der Waals surface area (Å²) in [7, 11) is 0. The predicted octanol–water partition coefficient (Wildman–Crippen LogP) is 3.97. The van der Waals surface area contributed by atoms with Crippen LogP contribution in [0.3, 0.4) is 0 Å². The van der Waals surface area contributed by atoms with Crippen LogP contribution >= 0.6 is 0 Å². The van der Waals surface area contributed by atoms with Gasteiger partial charge < -0.3 is 15.2 Å². The van der Waals surface area contributed by atoms with Gasteiger partial charge in [-0.3, -0.25) is 9.69 Å². The van der Waals surface area contributed by atoms with Gasteiger partial charge in [-0.15, -0.1) is 13.2 Å². The summed E-state index contributed by atoms with van der Waals surface area (Å²) in [5.41, 5.74) is 1.31. The lowest BCUT2D eigenvalue weighted by molar-refractivity contribution is -0.274. The van der Waals surface area contributed by atoms with Crippen LogP contribution in [-0.4, -0.2) is 41.9 Å². The topological polar surface area (TPSA) is 61.8 Å². The van der Waals surface area contributed by atoms with Gasteiger partial charge in [-0.2, -0.15) is 0 Å². The first-order chi connectivity index (χ1) is 13.8. The van der Waals surface area contributed by atoms with Crippen LogP contribution in [0.15, 0.2) is 54.6 Å². The van der Waals surface area contributed by atoms with E-state index < -0.39 is 12.5 Å². The zero-order valence-corrected chi connectivity index (χ0v) is 15.7. The summed E-state index contributed by atoms with van der Waals surface area (Å²) < 4.78 is 40.3. The van der Waals surface area contributed by atoms with Crippen LogP contribution in [0.25, 0.3) is 0 Å². The Morgan fingerprint density at radius 3 is 2.31 bits per heavy atom. The van der Waals surface area contributed by atoms with E-state index in [0.717, 1.165) is 30.5 Å². The number of amides is 1. The Morgan fingerprint density at radius 1 is 1.10 bits per heavy atom. The molecular weight excluding hydrogens is 385 g/mol. The van der Waals surface area contributed by atoms with Crippen molar-refractivity contribution in [3.63, 3.8) is 0 Å². The average Bonchev–Trinajstić information content (AvgIpc) is 2.69. The summed E-state index contributed by atoms with van der Waals surface area (Å²) in [4.78, 5) is 14.2. The highest BCUT2D eigenvalue weighted by Gasteiger charge is 2.31. The van der Waals surface area contributed by atoms with Gasteiger partial charge in [0, 0.05) is 5.69 Å². The normalized spacial score (nSPS) is 17.0. The number of ether oxygens (including phenoxy) is 1. The zero-order valence-electron chi connectivity index (χ0n) is 15.7. The predicted molar refractivity (Wildman–Crippen MR) is 102 cm³/mol. The van der Waals surface area contributed by atoms with Crippen LogP contribution < -0.4 is 10.1 Å². The highest BCUT2D eigenvalue weighted by Crippen LogP contribution is 2.30. The molecule has 0 bridgehead atoms. The van der Waals surface area contributed by atoms with Crippen LogP contribution in [0.5, 0.6) is 5.75 Å². The van der Waals surface area contributed by atoms with E-state index in [9.17, 15) is 23.1 Å².